The standard InChI is InChI=1S/C22H21N3O5S/c1-13-4-7-15(8-5-13)31(28,29)25-20(26)22(2)19-16(10-11-24(22)21(25)27)17-12-14(30-3)6-9-18(17)23-19/h4-9,12,23H,10-11H2,1-3H3/t22-/m1/s1. The van der Waals surface area contributed by atoms with Crippen molar-refractivity contribution in [3.05, 3.63) is 59.3 Å². The smallest absolute Gasteiger partial charge is 0.342 e. The van der Waals surface area contributed by atoms with E-state index in [0.29, 0.717) is 22.2 Å². The number of hydrogen-bond acceptors (Lipinski definition) is 5. The van der Waals surface area contributed by atoms with Crippen LogP contribution in [0.15, 0.2) is 47.4 Å². The highest BCUT2D eigenvalue weighted by Crippen LogP contribution is 2.45. The molecule has 1 saturated heterocycles. The minimum atomic E-state index is -4.33. The zero-order valence-electron chi connectivity index (χ0n) is 17.3. The molecule has 3 heterocycles. The van der Waals surface area contributed by atoms with Crippen molar-refractivity contribution in [1.29, 1.82) is 0 Å². The summed E-state index contributed by atoms with van der Waals surface area (Å²) in [6.07, 6.45) is 0.496. The molecular weight excluding hydrogens is 418 g/mol. The number of H-pyrrole nitrogens is 1. The Morgan fingerprint density at radius 3 is 2.48 bits per heavy atom. The maximum Gasteiger partial charge on any atom is 0.342 e. The molecule has 0 radical (unpaired) electrons. The fraction of sp³-hybridized carbons (Fsp3) is 0.273. The predicted molar refractivity (Wildman–Crippen MR) is 113 cm³/mol. The second-order valence-corrected chi connectivity index (χ2v) is 9.82. The van der Waals surface area contributed by atoms with E-state index in [1.54, 1.807) is 32.2 Å². The number of imide groups is 1. The number of benzene rings is 2. The van der Waals surface area contributed by atoms with Gasteiger partial charge in [-0.3, -0.25) is 4.79 Å². The molecule has 3 amide bonds. The zero-order chi connectivity index (χ0) is 22.1. The van der Waals surface area contributed by atoms with Gasteiger partial charge in [0.25, 0.3) is 15.9 Å². The van der Waals surface area contributed by atoms with Gasteiger partial charge in [0.15, 0.2) is 5.54 Å². The summed E-state index contributed by atoms with van der Waals surface area (Å²) < 4.78 is 32.2. The van der Waals surface area contributed by atoms with Gasteiger partial charge in [0.2, 0.25) is 0 Å². The van der Waals surface area contributed by atoms with Crippen LogP contribution in [-0.4, -0.2) is 48.2 Å². The molecule has 2 aromatic carbocycles. The molecule has 31 heavy (non-hydrogen) atoms. The molecule has 0 bridgehead atoms. The summed E-state index contributed by atoms with van der Waals surface area (Å²) in [5, 5.41) is 0.898. The summed E-state index contributed by atoms with van der Waals surface area (Å²) in [5.41, 5.74) is 1.68. The Morgan fingerprint density at radius 1 is 1.10 bits per heavy atom. The number of hydrogen-bond donors (Lipinski definition) is 1. The summed E-state index contributed by atoms with van der Waals surface area (Å²) >= 11 is 0. The first-order valence-electron chi connectivity index (χ1n) is 9.86. The van der Waals surface area contributed by atoms with Crippen LogP contribution in [0.25, 0.3) is 10.9 Å². The van der Waals surface area contributed by atoms with E-state index in [0.717, 1.165) is 22.0 Å². The largest absolute Gasteiger partial charge is 0.497 e. The molecular formula is C22H21N3O5S. The van der Waals surface area contributed by atoms with Crippen LogP contribution in [0.1, 0.15) is 23.7 Å². The molecule has 8 nitrogen and oxygen atoms in total. The number of aryl methyl sites for hydroxylation is 1. The molecule has 0 unspecified atom stereocenters. The van der Waals surface area contributed by atoms with Crippen molar-refractivity contribution in [3.8, 4) is 5.75 Å². The Labute approximate surface area is 179 Å². The van der Waals surface area contributed by atoms with Crippen molar-refractivity contribution in [2.24, 2.45) is 0 Å². The quantitative estimate of drug-likeness (QED) is 0.633. The molecule has 0 spiro atoms. The minimum Gasteiger partial charge on any atom is -0.497 e. The van der Waals surface area contributed by atoms with Crippen LogP contribution >= 0.6 is 0 Å². The third kappa shape index (κ3) is 2.49. The number of fused-ring (bicyclic) bond motifs is 5. The lowest BCUT2D eigenvalue weighted by Gasteiger charge is -2.35. The number of nitrogens with one attached hydrogen (secondary N) is 1. The van der Waals surface area contributed by atoms with Gasteiger partial charge in [0.05, 0.1) is 17.7 Å². The topological polar surface area (TPSA) is 99.8 Å². The van der Waals surface area contributed by atoms with Gasteiger partial charge in [-0.1, -0.05) is 17.7 Å². The maximum absolute atomic E-state index is 13.6. The number of carbonyl (C=O) groups excluding carboxylic acids is 2. The predicted octanol–water partition coefficient (Wildman–Crippen LogP) is 2.91. The molecule has 2 aliphatic rings. The average molecular weight is 439 g/mol. The number of aromatic amines is 1. The molecule has 1 atom stereocenters. The van der Waals surface area contributed by atoms with Gasteiger partial charge in [-0.15, -0.1) is 4.31 Å². The maximum atomic E-state index is 13.6. The molecule has 5 rings (SSSR count). The van der Waals surface area contributed by atoms with Crippen molar-refractivity contribution in [1.82, 2.24) is 14.2 Å². The second-order valence-electron chi connectivity index (χ2n) is 8.03. The average Bonchev–Trinajstić information content (AvgIpc) is 3.21. The number of urea groups is 1. The molecule has 0 saturated carbocycles. The number of aromatic nitrogens is 1. The molecule has 1 N–H and O–H groups in total. The third-order valence-electron chi connectivity index (χ3n) is 6.29. The van der Waals surface area contributed by atoms with Crippen molar-refractivity contribution in [2.45, 2.75) is 30.7 Å². The minimum absolute atomic E-state index is 0.0927. The van der Waals surface area contributed by atoms with Crippen LogP contribution < -0.4 is 4.74 Å². The van der Waals surface area contributed by atoms with Gasteiger partial charge in [-0.2, -0.15) is 0 Å². The van der Waals surface area contributed by atoms with Crippen molar-refractivity contribution < 1.29 is 22.7 Å². The van der Waals surface area contributed by atoms with Crippen molar-refractivity contribution in [2.75, 3.05) is 13.7 Å². The van der Waals surface area contributed by atoms with Crippen molar-refractivity contribution in [3.63, 3.8) is 0 Å². The van der Waals surface area contributed by atoms with Gasteiger partial charge in [0, 0.05) is 17.4 Å². The first-order valence-corrected chi connectivity index (χ1v) is 11.3. The molecule has 9 heteroatoms. The van der Waals surface area contributed by atoms with Crippen LogP contribution in [-0.2, 0) is 26.8 Å². The Hall–Kier alpha value is -3.33. The second kappa shape index (κ2) is 6.34. The Bertz CT molecular complexity index is 1360. The third-order valence-corrected chi connectivity index (χ3v) is 7.96. The highest BCUT2D eigenvalue weighted by Gasteiger charge is 2.62. The van der Waals surface area contributed by atoms with Gasteiger partial charge < -0.3 is 14.6 Å². The fourth-order valence-corrected chi connectivity index (χ4v) is 5.93. The number of methoxy groups -OCH3 is 1. The summed E-state index contributed by atoms with van der Waals surface area (Å²) in [7, 11) is -2.76. The molecule has 1 aromatic heterocycles. The van der Waals surface area contributed by atoms with Crippen LogP contribution in [0.4, 0.5) is 4.79 Å². The SMILES string of the molecule is COc1ccc2[nH]c3c(c2c1)CCN1C(=O)N(S(=O)(=O)c2ccc(C)cc2)C(=O)[C@@]31C. The van der Waals surface area contributed by atoms with E-state index in [1.165, 1.54) is 17.0 Å². The zero-order valence-corrected chi connectivity index (χ0v) is 18.1. The normalized spacial score (nSPS) is 20.9. The van der Waals surface area contributed by atoms with Gasteiger partial charge in [0.1, 0.15) is 5.75 Å². The lowest BCUT2D eigenvalue weighted by Crippen LogP contribution is -2.49. The van der Waals surface area contributed by atoms with Crippen LogP contribution in [0, 0.1) is 6.92 Å². The Morgan fingerprint density at radius 2 is 1.81 bits per heavy atom. The van der Waals surface area contributed by atoms with E-state index < -0.39 is 27.5 Å². The van der Waals surface area contributed by atoms with Gasteiger partial charge in [-0.25, -0.2) is 13.2 Å². The van der Waals surface area contributed by atoms with Crippen LogP contribution in [0.3, 0.4) is 0 Å². The number of amides is 3. The van der Waals surface area contributed by atoms with E-state index in [9.17, 15) is 18.0 Å². The van der Waals surface area contributed by atoms with Crippen molar-refractivity contribution >= 4 is 32.9 Å². The number of ether oxygens (including phenoxy) is 1. The highest BCUT2D eigenvalue weighted by molar-refractivity contribution is 7.90. The lowest BCUT2D eigenvalue weighted by molar-refractivity contribution is -0.130. The molecule has 1 fully saturated rings. The number of nitrogens with zero attached hydrogens (tertiary/aromatic N) is 2. The van der Waals surface area contributed by atoms with E-state index in [2.05, 4.69) is 4.98 Å². The van der Waals surface area contributed by atoms with Crippen LogP contribution in [0.5, 0.6) is 5.75 Å². The monoisotopic (exact) mass is 439 g/mol. The highest BCUT2D eigenvalue weighted by atomic mass is 32.2. The van der Waals surface area contributed by atoms with E-state index in [1.807, 2.05) is 19.1 Å². The van der Waals surface area contributed by atoms with E-state index in [4.69, 9.17) is 4.74 Å². The lowest BCUT2D eigenvalue weighted by atomic mass is 9.87. The molecule has 2 aliphatic heterocycles. The fourth-order valence-electron chi connectivity index (χ4n) is 4.54. The first-order chi connectivity index (χ1) is 14.7. The van der Waals surface area contributed by atoms with Gasteiger partial charge in [-0.05, 0) is 56.2 Å². The Kier molecular flexibility index (Phi) is 4.01. The first kappa shape index (κ1) is 19.6. The van der Waals surface area contributed by atoms with Crippen LogP contribution in [0.2, 0.25) is 0 Å². The number of carbonyl (C=O) groups is 2. The summed E-state index contributed by atoms with van der Waals surface area (Å²) in [5.74, 6) is -0.100. The number of sulfonamides is 1. The molecule has 0 aliphatic carbocycles. The summed E-state index contributed by atoms with van der Waals surface area (Å²) in [6.45, 7) is 3.66. The summed E-state index contributed by atoms with van der Waals surface area (Å²) in [6, 6.07) is 10.8. The van der Waals surface area contributed by atoms with E-state index >= 15 is 0 Å². The number of rotatable bonds is 3. The van der Waals surface area contributed by atoms with Gasteiger partial charge >= 0.3 is 6.03 Å². The van der Waals surface area contributed by atoms with E-state index in [-0.39, 0.29) is 11.4 Å². The molecule has 160 valence electrons. The molecule has 3 aromatic rings. The summed E-state index contributed by atoms with van der Waals surface area (Å²) in [4.78, 5) is 31.3. The Balaban J connectivity index is 1.66.